The normalized spacial score (nSPS) is 14.1. The molecule has 0 heterocycles. The van der Waals surface area contributed by atoms with Gasteiger partial charge in [-0.15, -0.1) is 0 Å². The molecule has 0 radical (unpaired) electrons. The molecule has 0 spiro atoms. The number of nitrogens with zero attached hydrogens (tertiary/aromatic N) is 1. The van der Waals surface area contributed by atoms with Gasteiger partial charge in [0, 0.05) is 12.1 Å². The summed E-state index contributed by atoms with van der Waals surface area (Å²) in [6, 6.07) is 12.8. The van der Waals surface area contributed by atoms with Crippen molar-refractivity contribution in [2.75, 3.05) is 17.1 Å². The van der Waals surface area contributed by atoms with E-state index in [0.717, 1.165) is 36.0 Å². The average molecular weight is 441 g/mol. The van der Waals surface area contributed by atoms with Gasteiger partial charge in [0.1, 0.15) is 0 Å². The Labute approximate surface area is 186 Å². The molecule has 0 aromatic heterocycles. The zero-order valence-electron chi connectivity index (χ0n) is 18.6. The van der Waals surface area contributed by atoms with Crippen LogP contribution in [-0.2, 0) is 16.6 Å². The number of hydrogen-bond acceptors (Lipinski definition) is 3. The van der Waals surface area contributed by atoms with Crippen LogP contribution in [-0.4, -0.2) is 27.1 Å². The second kappa shape index (κ2) is 10.1. The summed E-state index contributed by atoms with van der Waals surface area (Å²) in [6.07, 6.45) is 9.22. The van der Waals surface area contributed by atoms with Gasteiger partial charge in [0.2, 0.25) is 10.0 Å². The van der Waals surface area contributed by atoms with E-state index in [0.29, 0.717) is 17.8 Å². The van der Waals surface area contributed by atoms with Gasteiger partial charge in [-0.25, -0.2) is 8.42 Å². The topological polar surface area (TPSA) is 66.5 Å². The van der Waals surface area contributed by atoms with Gasteiger partial charge < -0.3 is 5.32 Å². The highest BCUT2D eigenvalue weighted by molar-refractivity contribution is 7.92. The zero-order valence-corrected chi connectivity index (χ0v) is 19.5. The van der Waals surface area contributed by atoms with Crippen LogP contribution < -0.4 is 9.62 Å². The number of carbonyl (C=O) groups is 1. The summed E-state index contributed by atoms with van der Waals surface area (Å²) in [7, 11) is -3.45. The monoisotopic (exact) mass is 440 g/mol. The van der Waals surface area contributed by atoms with Crippen LogP contribution in [0.15, 0.2) is 54.1 Å². The quantitative estimate of drug-likeness (QED) is 0.594. The van der Waals surface area contributed by atoms with Gasteiger partial charge in [0.15, 0.2) is 0 Å². The molecule has 0 bridgehead atoms. The first-order valence-electron chi connectivity index (χ1n) is 10.8. The van der Waals surface area contributed by atoms with E-state index in [1.165, 1.54) is 29.0 Å². The summed E-state index contributed by atoms with van der Waals surface area (Å²) < 4.78 is 26.2. The van der Waals surface area contributed by atoms with Crippen molar-refractivity contribution in [2.24, 2.45) is 0 Å². The van der Waals surface area contributed by atoms with E-state index in [1.54, 1.807) is 12.1 Å². The van der Waals surface area contributed by atoms with E-state index >= 15 is 0 Å². The summed E-state index contributed by atoms with van der Waals surface area (Å²) in [5.74, 6) is -0.0999. The largest absolute Gasteiger partial charge is 0.352 e. The van der Waals surface area contributed by atoms with Crippen molar-refractivity contribution in [3.63, 3.8) is 0 Å². The number of anilines is 1. The molecule has 2 aromatic rings. The van der Waals surface area contributed by atoms with Crippen molar-refractivity contribution in [1.82, 2.24) is 5.32 Å². The summed E-state index contributed by atoms with van der Waals surface area (Å²) in [5, 5.41) is 2.98. The first kappa shape index (κ1) is 23.1. The minimum absolute atomic E-state index is 0.0999. The molecule has 5 nitrogen and oxygen atoms in total. The number of aryl methyl sites for hydroxylation is 2. The molecule has 1 aliphatic rings. The second-order valence-electron chi connectivity index (χ2n) is 8.35. The maximum Gasteiger partial charge on any atom is 0.251 e. The number of carbonyl (C=O) groups excluding carboxylic acids is 1. The van der Waals surface area contributed by atoms with Crippen molar-refractivity contribution < 1.29 is 13.2 Å². The minimum Gasteiger partial charge on any atom is -0.352 e. The third kappa shape index (κ3) is 6.44. The average Bonchev–Trinajstić information content (AvgIpc) is 2.74. The zero-order chi connectivity index (χ0) is 22.4. The van der Waals surface area contributed by atoms with Crippen LogP contribution >= 0.6 is 0 Å². The van der Waals surface area contributed by atoms with Crippen LogP contribution in [0.2, 0.25) is 0 Å². The SMILES string of the molecule is Cc1ccc(N(Cc2ccc(C(=O)NCCC3=CCCCC3)cc2)S(C)(=O)=O)cc1C. The van der Waals surface area contributed by atoms with Crippen LogP contribution in [0.5, 0.6) is 0 Å². The molecule has 0 unspecified atom stereocenters. The molecule has 0 fully saturated rings. The van der Waals surface area contributed by atoms with Crippen molar-refractivity contribution in [1.29, 1.82) is 0 Å². The summed E-state index contributed by atoms with van der Waals surface area (Å²) >= 11 is 0. The number of amides is 1. The highest BCUT2D eigenvalue weighted by Gasteiger charge is 2.18. The van der Waals surface area contributed by atoms with Gasteiger partial charge in [-0.2, -0.15) is 0 Å². The first-order chi connectivity index (χ1) is 14.7. The van der Waals surface area contributed by atoms with Crippen LogP contribution in [0.25, 0.3) is 0 Å². The molecular weight excluding hydrogens is 408 g/mol. The Morgan fingerprint density at radius 3 is 2.39 bits per heavy atom. The molecule has 0 atom stereocenters. The van der Waals surface area contributed by atoms with E-state index in [9.17, 15) is 13.2 Å². The fourth-order valence-electron chi connectivity index (χ4n) is 3.78. The van der Waals surface area contributed by atoms with Crippen molar-refractivity contribution in [3.8, 4) is 0 Å². The number of rotatable bonds is 8. The summed E-state index contributed by atoms with van der Waals surface area (Å²) in [6.45, 7) is 4.83. The Hall–Kier alpha value is -2.60. The van der Waals surface area contributed by atoms with Crippen LogP contribution in [0.3, 0.4) is 0 Å². The molecule has 0 saturated carbocycles. The highest BCUT2D eigenvalue weighted by Crippen LogP contribution is 2.24. The summed E-state index contributed by atoms with van der Waals surface area (Å²) in [5.41, 5.74) is 5.65. The fraction of sp³-hybridized carbons (Fsp3) is 0.400. The van der Waals surface area contributed by atoms with Gasteiger partial charge in [0.05, 0.1) is 18.5 Å². The highest BCUT2D eigenvalue weighted by atomic mass is 32.2. The number of sulfonamides is 1. The third-order valence-electron chi connectivity index (χ3n) is 5.84. The maximum atomic E-state index is 12.4. The smallest absolute Gasteiger partial charge is 0.251 e. The molecule has 1 N–H and O–H groups in total. The summed E-state index contributed by atoms with van der Waals surface area (Å²) in [4.78, 5) is 12.4. The number of allylic oxidation sites excluding steroid dienone is 1. The van der Waals surface area contributed by atoms with Gasteiger partial charge in [0.25, 0.3) is 5.91 Å². The van der Waals surface area contributed by atoms with E-state index < -0.39 is 10.0 Å². The Kier molecular flexibility index (Phi) is 7.55. The second-order valence-corrected chi connectivity index (χ2v) is 10.3. The van der Waals surface area contributed by atoms with Gasteiger partial charge in [-0.1, -0.05) is 29.8 Å². The molecule has 1 aliphatic carbocycles. The van der Waals surface area contributed by atoms with E-state index in [2.05, 4.69) is 11.4 Å². The molecule has 1 amide bonds. The molecule has 31 heavy (non-hydrogen) atoms. The Morgan fingerprint density at radius 1 is 1.03 bits per heavy atom. The van der Waals surface area contributed by atoms with Gasteiger partial charge in [-0.3, -0.25) is 9.10 Å². The van der Waals surface area contributed by atoms with E-state index in [-0.39, 0.29) is 12.5 Å². The van der Waals surface area contributed by atoms with Crippen LogP contribution in [0.4, 0.5) is 5.69 Å². The predicted octanol–water partition coefficient (Wildman–Crippen LogP) is 4.89. The molecule has 166 valence electrons. The van der Waals surface area contributed by atoms with Gasteiger partial charge in [-0.05, 0) is 86.9 Å². The molecule has 0 saturated heterocycles. The maximum absolute atomic E-state index is 12.4. The molecule has 6 heteroatoms. The lowest BCUT2D eigenvalue weighted by molar-refractivity contribution is 0.0954. The molecule has 3 rings (SSSR count). The Morgan fingerprint density at radius 2 is 1.77 bits per heavy atom. The van der Waals surface area contributed by atoms with Gasteiger partial charge >= 0.3 is 0 Å². The van der Waals surface area contributed by atoms with E-state index in [1.807, 2.05) is 44.2 Å². The van der Waals surface area contributed by atoms with Crippen molar-refractivity contribution >= 4 is 21.6 Å². The number of nitrogens with one attached hydrogen (secondary N) is 1. The molecule has 2 aromatic carbocycles. The molecule has 0 aliphatic heterocycles. The lowest BCUT2D eigenvalue weighted by atomic mass is 9.97. The lowest BCUT2D eigenvalue weighted by Gasteiger charge is -2.23. The van der Waals surface area contributed by atoms with Crippen molar-refractivity contribution in [2.45, 2.75) is 52.5 Å². The standard InChI is InChI=1S/C25H32N2O3S/c1-19-9-14-24(17-20(19)2)27(31(3,29)30)18-22-10-12-23(13-11-22)25(28)26-16-15-21-7-5-4-6-8-21/h7,9-14,17H,4-6,8,15-16,18H2,1-3H3,(H,26,28). The molecular formula is C25H32N2O3S. The Bertz CT molecular complexity index is 1060. The first-order valence-corrected chi connectivity index (χ1v) is 12.7. The van der Waals surface area contributed by atoms with Crippen LogP contribution in [0.1, 0.15) is 59.2 Å². The lowest BCUT2D eigenvalue weighted by Crippen LogP contribution is -2.29. The number of benzene rings is 2. The Balaban J connectivity index is 1.64. The minimum atomic E-state index is -3.45. The predicted molar refractivity (Wildman–Crippen MR) is 127 cm³/mol. The van der Waals surface area contributed by atoms with Crippen LogP contribution in [0, 0.1) is 13.8 Å². The van der Waals surface area contributed by atoms with Crippen molar-refractivity contribution in [3.05, 3.63) is 76.4 Å². The number of hydrogen-bond donors (Lipinski definition) is 1. The third-order valence-corrected chi connectivity index (χ3v) is 6.98. The van der Waals surface area contributed by atoms with E-state index in [4.69, 9.17) is 0 Å². The fourth-order valence-corrected chi connectivity index (χ4v) is 4.66.